The molecule has 0 aliphatic carbocycles. The maximum Gasteiger partial charge on any atom is 0.272 e. The van der Waals surface area contributed by atoms with Crippen molar-refractivity contribution in [3.05, 3.63) is 126 Å². The van der Waals surface area contributed by atoms with Crippen molar-refractivity contribution in [2.24, 2.45) is 0 Å². The molecule has 2 amide bonds. The summed E-state index contributed by atoms with van der Waals surface area (Å²) >= 11 is 1.37. The number of hydrogen-bond donors (Lipinski definition) is 2. The summed E-state index contributed by atoms with van der Waals surface area (Å²) < 4.78 is 10.9. The minimum absolute atomic E-state index is 0.0123. The van der Waals surface area contributed by atoms with Gasteiger partial charge in [0.05, 0.1) is 19.0 Å². The molecule has 42 heavy (non-hydrogen) atoms. The predicted molar refractivity (Wildman–Crippen MR) is 167 cm³/mol. The van der Waals surface area contributed by atoms with E-state index in [0.29, 0.717) is 41.3 Å². The first kappa shape index (κ1) is 30.1. The topological polar surface area (TPSA) is 93.7 Å². The Morgan fingerprint density at radius 2 is 1.38 bits per heavy atom. The van der Waals surface area contributed by atoms with Crippen molar-refractivity contribution in [3.63, 3.8) is 0 Å². The van der Waals surface area contributed by atoms with E-state index in [4.69, 9.17) is 9.47 Å². The van der Waals surface area contributed by atoms with Gasteiger partial charge in [0.2, 0.25) is 0 Å². The van der Waals surface area contributed by atoms with Gasteiger partial charge in [0.15, 0.2) is 5.78 Å². The van der Waals surface area contributed by atoms with Gasteiger partial charge in [-0.3, -0.25) is 14.4 Å². The van der Waals surface area contributed by atoms with Crippen molar-refractivity contribution in [2.75, 3.05) is 24.3 Å². The lowest BCUT2D eigenvalue weighted by atomic mass is 10.1. The van der Waals surface area contributed by atoms with Crippen LogP contribution in [0.5, 0.6) is 11.5 Å². The molecule has 4 aromatic carbocycles. The fourth-order valence-electron chi connectivity index (χ4n) is 3.93. The molecule has 7 nitrogen and oxygen atoms in total. The predicted octanol–water partition coefficient (Wildman–Crippen LogP) is 6.87. The van der Waals surface area contributed by atoms with Gasteiger partial charge in [-0.25, -0.2) is 0 Å². The summed E-state index contributed by atoms with van der Waals surface area (Å²) in [5.74, 6) is 0.773. The van der Waals surface area contributed by atoms with E-state index >= 15 is 0 Å². The minimum Gasteiger partial charge on any atom is -0.494 e. The minimum atomic E-state index is -0.485. The summed E-state index contributed by atoms with van der Waals surface area (Å²) in [6, 6.07) is 30.2. The fraction of sp³-hybridized carbons (Fsp3) is 0.147. The largest absolute Gasteiger partial charge is 0.494 e. The van der Waals surface area contributed by atoms with Gasteiger partial charge < -0.3 is 20.1 Å². The second-order valence-corrected chi connectivity index (χ2v) is 10.1. The molecule has 2 N–H and O–H groups in total. The van der Waals surface area contributed by atoms with Crippen LogP contribution in [-0.4, -0.2) is 36.6 Å². The molecule has 0 spiro atoms. The van der Waals surface area contributed by atoms with E-state index in [9.17, 15) is 14.4 Å². The second kappa shape index (κ2) is 15.3. The van der Waals surface area contributed by atoms with Crippen LogP contribution in [0, 0.1) is 0 Å². The number of ketones is 1. The Kier molecular flexibility index (Phi) is 10.9. The molecule has 4 aromatic rings. The van der Waals surface area contributed by atoms with Gasteiger partial charge >= 0.3 is 0 Å². The zero-order chi connectivity index (χ0) is 29.7. The highest BCUT2D eigenvalue weighted by Crippen LogP contribution is 2.24. The summed E-state index contributed by atoms with van der Waals surface area (Å²) in [7, 11) is 0. The summed E-state index contributed by atoms with van der Waals surface area (Å²) in [5, 5.41) is 5.62. The van der Waals surface area contributed by atoms with Gasteiger partial charge in [-0.1, -0.05) is 36.4 Å². The maximum absolute atomic E-state index is 13.4. The first-order valence-electron chi connectivity index (χ1n) is 13.6. The highest BCUT2D eigenvalue weighted by atomic mass is 32.2. The van der Waals surface area contributed by atoms with E-state index in [1.807, 2.05) is 38.1 Å². The van der Waals surface area contributed by atoms with Crippen LogP contribution < -0.4 is 20.1 Å². The maximum atomic E-state index is 13.4. The third kappa shape index (κ3) is 8.84. The smallest absolute Gasteiger partial charge is 0.272 e. The van der Waals surface area contributed by atoms with Gasteiger partial charge in [0, 0.05) is 21.7 Å². The van der Waals surface area contributed by atoms with Crippen LogP contribution in [0.4, 0.5) is 5.69 Å². The van der Waals surface area contributed by atoms with Crippen LogP contribution in [0.25, 0.3) is 6.08 Å². The van der Waals surface area contributed by atoms with E-state index < -0.39 is 11.8 Å². The molecule has 0 saturated heterocycles. The molecule has 0 heterocycles. The number of ether oxygens (including phenoxy) is 2. The number of carbonyl (C=O) groups excluding carboxylic acids is 3. The third-order valence-electron chi connectivity index (χ3n) is 5.98. The normalized spacial score (nSPS) is 11.0. The van der Waals surface area contributed by atoms with Crippen LogP contribution in [0.2, 0.25) is 0 Å². The molecule has 0 radical (unpaired) electrons. The summed E-state index contributed by atoms with van der Waals surface area (Å²) in [4.78, 5) is 39.8. The van der Waals surface area contributed by atoms with Crippen LogP contribution in [0.1, 0.15) is 40.1 Å². The van der Waals surface area contributed by atoms with Gasteiger partial charge in [-0.15, -0.1) is 11.8 Å². The number of hydrogen-bond acceptors (Lipinski definition) is 6. The lowest BCUT2D eigenvalue weighted by molar-refractivity contribution is -0.113. The molecular formula is C34H32N2O5S. The first-order chi connectivity index (χ1) is 20.4. The monoisotopic (exact) mass is 580 g/mol. The third-order valence-corrected chi connectivity index (χ3v) is 6.97. The average Bonchev–Trinajstić information content (AvgIpc) is 3.01. The SMILES string of the molecule is CCOc1ccc(/C=C(\NC(=O)c2ccccc2)C(=O)Nc2cccc(SCC(=O)c3ccc(OCC)cc3)c2)cc1. The summed E-state index contributed by atoms with van der Waals surface area (Å²) in [6.45, 7) is 4.92. The number of nitrogens with one attached hydrogen (secondary N) is 2. The Balaban J connectivity index is 1.46. The second-order valence-electron chi connectivity index (χ2n) is 9.03. The van der Waals surface area contributed by atoms with Crippen molar-refractivity contribution in [1.29, 1.82) is 0 Å². The Morgan fingerprint density at radius 3 is 2.02 bits per heavy atom. The molecule has 0 saturated carbocycles. The van der Waals surface area contributed by atoms with Crippen molar-refractivity contribution < 1.29 is 23.9 Å². The van der Waals surface area contributed by atoms with E-state index in [2.05, 4.69) is 10.6 Å². The molecule has 214 valence electrons. The molecule has 0 bridgehead atoms. The molecule has 0 unspecified atom stereocenters. The highest BCUT2D eigenvalue weighted by Gasteiger charge is 2.16. The van der Waals surface area contributed by atoms with Gasteiger partial charge in [-0.2, -0.15) is 0 Å². The van der Waals surface area contributed by atoms with Crippen LogP contribution in [0.15, 0.2) is 114 Å². The summed E-state index contributed by atoms with van der Waals surface area (Å²) in [6.07, 6.45) is 1.61. The molecule has 0 atom stereocenters. The Bertz CT molecular complexity index is 1530. The number of anilines is 1. The first-order valence-corrected chi connectivity index (χ1v) is 14.5. The molecule has 4 rings (SSSR count). The van der Waals surface area contributed by atoms with Crippen LogP contribution >= 0.6 is 11.8 Å². The van der Waals surface area contributed by atoms with Crippen molar-refractivity contribution in [3.8, 4) is 11.5 Å². The van der Waals surface area contributed by atoms with Gasteiger partial charge in [0.1, 0.15) is 17.2 Å². The zero-order valence-corrected chi connectivity index (χ0v) is 24.3. The Hall–Kier alpha value is -4.82. The average molecular weight is 581 g/mol. The molecular weight excluding hydrogens is 548 g/mol. The Labute approximate surface area is 249 Å². The van der Waals surface area contributed by atoms with E-state index in [1.54, 1.807) is 84.9 Å². The van der Waals surface area contributed by atoms with Gasteiger partial charge in [0.25, 0.3) is 11.8 Å². The van der Waals surface area contributed by atoms with E-state index in [0.717, 1.165) is 10.6 Å². The summed E-state index contributed by atoms with van der Waals surface area (Å²) in [5.41, 5.74) is 2.36. The lowest BCUT2D eigenvalue weighted by Gasteiger charge is -2.12. The number of thioether (sulfide) groups is 1. The number of carbonyl (C=O) groups is 3. The van der Waals surface area contributed by atoms with Gasteiger partial charge in [-0.05, 0) is 92.2 Å². The zero-order valence-electron chi connectivity index (χ0n) is 23.5. The quantitative estimate of drug-likeness (QED) is 0.102. The molecule has 0 aromatic heterocycles. The van der Waals surface area contributed by atoms with Crippen LogP contribution in [-0.2, 0) is 4.79 Å². The highest BCUT2D eigenvalue weighted by molar-refractivity contribution is 8.00. The standard InChI is InChI=1S/C34H32N2O5S/c1-3-40-28-17-13-24(14-18-28)21-31(36-33(38)26-9-6-5-7-10-26)34(39)35-27-11-8-12-30(22-27)42-23-32(37)25-15-19-29(20-16-25)41-4-2/h5-22H,3-4,23H2,1-2H3,(H,35,39)(H,36,38)/b31-21-. The number of Topliss-reactive ketones (excluding diaryl/α,β-unsaturated/α-hetero) is 1. The fourth-order valence-corrected chi connectivity index (χ4v) is 4.78. The molecule has 0 aliphatic heterocycles. The lowest BCUT2D eigenvalue weighted by Crippen LogP contribution is -2.30. The Morgan fingerprint density at radius 1 is 0.738 bits per heavy atom. The van der Waals surface area contributed by atoms with E-state index in [-0.39, 0.29) is 17.2 Å². The van der Waals surface area contributed by atoms with E-state index in [1.165, 1.54) is 11.8 Å². The van der Waals surface area contributed by atoms with Crippen molar-refractivity contribution in [1.82, 2.24) is 5.32 Å². The molecule has 0 aliphatic rings. The number of rotatable bonds is 13. The van der Waals surface area contributed by atoms with Crippen molar-refractivity contribution >= 4 is 41.1 Å². The molecule has 0 fully saturated rings. The van der Waals surface area contributed by atoms with Crippen molar-refractivity contribution in [2.45, 2.75) is 18.7 Å². The van der Waals surface area contributed by atoms with Crippen LogP contribution in [0.3, 0.4) is 0 Å². The number of benzene rings is 4. The molecule has 8 heteroatoms. The number of amides is 2.